The third-order valence-corrected chi connectivity index (χ3v) is 13.0. The molecule has 4 aliphatic rings. The fourth-order valence-corrected chi connectivity index (χ4v) is 10.3. The maximum atomic E-state index is 12.5. The Morgan fingerprint density at radius 1 is 1.03 bits per heavy atom. The van der Waals surface area contributed by atoms with E-state index in [0.717, 1.165) is 51.4 Å². The number of sulfone groups is 1. The van der Waals surface area contributed by atoms with Crippen LogP contribution in [0.1, 0.15) is 85.5 Å². The molecule has 0 aromatic rings. The molecule has 0 heterocycles. The van der Waals surface area contributed by atoms with Gasteiger partial charge >= 0.3 is 11.5 Å². The van der Waals surface area contributed by atoms with Gasteiger partial charge in [0.25, 0.3) is 9.84 Å². The van der Waals surface area contributed by atoms with E-state index >= 15 is 0 Å². The first-order valence-electron chi connectivity index (χ1n) is 14.4. The summed E-state index contributed by atoms with van der Waals surface area (Å²) < 4.78 is 65.0. The largest absolute Gasteiger partial charge is 0.497 e. The van der Waals surface area contributed by atoms with E-state index in [1.165, 1.54) is 0 Å². The van der Waals surface area contributed by atoms with Crippen LogP contribution in [0.3, 0.4) is 0 Å². The Bertz CT molecular complexity index is 986. The highest BCUT2D eigenvalue weighted by molar-refractivity contribution is 7.92. The molecular formula is C28H45F3O6S. The fourth-order valence-electron chi connectivity index (χ4n) is 9.77. The lowest BCUT2D eigenvalue weighted by Gasteiger charge is -2.64. The number of carbonyl (C=O) groups is 1. The van der Waals surface area contributed by atoms with E-state index in [9.17, 15) is 36.6 Å². The van der Waals surface area contributed by atoms with Crippen LogP contribution in [-0.4, -0.2) is 54.7 Å². The summed E-state index contributed by atoms with van der Waals surface area (Å²) in [6.07, 6.45) is 7.40. The standard InChI is InChI=1S/C28H45F3O6S/c1-5-18-22-14-17(32)8-11-27(22,4)21-9-12-26(3)19(6-7-20(26)24(21)25(18)34)16(2)10-13-37-23(33)15-38(35,36)28(29,30)31/h16-22,24-25,32,34H,5-15H2,1-4H3/t16-,17-,18-,19-,20+,21+,22+,24+,25-,26-,27-/m1/s1. The van der Waals surface area contributed by atoms with Gasteiger partial charge in [-0.1, -0.05) is 34.1 Å². The lowest BCUT2D eigenvalue weighted by Crippen LogP contribution is -2.62. The van der Waals surface area contributed by atoms with Gasteiger partial charge in [0.1, 0.15) is 0 Å². The van der Waals surface area contributed by atoms with Gasteiger partial charge in [0.15, 0.2) is 5.75 Å². The van der Waals surface area contributed by atoms with Crippen LogP contribution < -0.4 is 0 Å². The zero-order chi connectivity index (χ0) is 28.3. The summed E-state index contributed by atoms with van der Waals surface area (Å²) in [5, 5.41) is 22.2. The van der Waals surface area contributed by atoms with E-state index in [1.54, 1.807) is 0 Å². The molecule has 38 heavy (non-hydrogen) atoms. The first kappa shape index (κ1) is 30.1. The quantitative estimate of drug-likeness (QED) is 0.415. The van der Waals surface area contributed by atoms with Crippen molar-refractivity contribution in [2.75, 3.05) is 12.4 Å². The number of hydrogen-bond acceptors (Lipinski definition) is 6. The summed E-state index contributed by atoms with van der Waals surface area (Å²) in [5.41, 5.74) is -5.33. The van der Waals surface area contributed by atoms with Gasteiger partial charge in [0, 0.05) is 0 Å². The summed E-state index contributed by atoms with van der Waals surface area (Å²) in [5.74, 6) is -1.04. The number of carbonyl (C=O) groups excluding carboxylic acids is 1. The molecule has 0 amide bonds. The molecule has 6 nitrogen and oxygen atoms in total. The SMILES string of the molecule is CC[C@H]1[C@@H](O)[C@@H]2[C@H](CC[C@]3(C)[C@@H]([C@H](C)CCOC(=O)CS(=O)(=O)C(F)(F)F)CC[C@@H]23)[C@@]2(C)CC[C@@H](O)C[C@@H]12. The average Bonchev–Trinajstić information content (AvgIpc) is 3.16. The van der Waals surface area contributed by atoms with E-state index in [-0.39, 0.29) is 47.4 Å². The summed E-state index contributed by atoms with van der Waals surface area (Å²) in [6, 6.07) is 0. The van der Waals surface area contributed by atoms with E-state index in [4.69, 9.17) is 4.74 Å². The maximum Gasteiger partial charge on any atom is 0.497 e. The molecule has 10 heteroatoms. The third kappa shape index (κ3) is 5.04. The third-order valence-electron chi connectivity index (χ3n) is 11.6. The van der Waals surface area contributed by atoms with E-state index < -0.39 is 27.1 Å². The molecule has 4 rings (SSSR count). The minimum atomic E-state index is -5.54. The second-order valence-electron chi connectivity index (χ2n) is 13.3. The van der Waals surface area contributed by atoms with Crippen LogP contribution in [0.5, 0.6) is 0 Å². The van der Waals surface area contributed by atoms with Crippen LogP contribution in [-0.2, 0) is 19.4 Å². The highest BCUT2D eigenvalue weighted by atomic mass is 32.2. The molecule has 0 spiro atoms. The lowest BCUT2D eigenvalue weighted by molar-refractivity contribution is -0.203. The molecule has 0 unspecified atom stereocenters. The van der Waals surface area contributed by atoms with Crippen molar-refractivity contribution in [1.82, 2.24) is 0 Å². The summed E-state index contributed by atoms with van der Waals surface area (Å²) in [6.45, 7) is 8.85. The summed E-state index contributed by atoms with van der Waals surface area (Å²) in [7, 11) is -5.54. The Kier molecular flexibility index (Phi) is 8.33. The van der Waals surface area contributed by atoms with Crippen molar-refractivity contribution in [2.24, 2.45) is 52.3 Å². The van der Waals surface area contributed by atoms with Crippen molar-refractivity contribution in [1.29, 1.82) is 0 Å². The Morgan fingerprint density at radius 3 is 2.29 bits per heavy atom. The molecule has 0 saturated heterocycles. The zero-order valence-corrected chi connectivity index (χ0v) is 23.9. The van der Waals surface area contributed by atoms with Crippen molar-refractivity contribution >= 4 is 15.8 Å². The van der Waals surface area contributed by atoms with Crippen LogP contribution in [0.2, 0.25) is 0 Å². The Hall–Kier alpha value is -0.870. The minimum Gasteiger partial charge on any atom is -0.465 e. The number of aliphatic hydroxyl groups is 2. The minimum absolute atomic E-state index is 0.0147. The summed E-state index contributed by atoms with van der Waals surface area (Å²) in [4.78, 5) is 11.8. The molecule has 0 aromatic carbocycles. The Balaban J connectivity index is 1.43. The number of hydrogen-bond donors (Lipinski definition) is 2. The monoisotopic (exact) mass is 566 g/mol. The van der Waals surface area contributed by atoms with Gasteiger partial charge in [-0.15, -0.1) is 0 Å². The highest BCUT2D eigenvalue weighted by Crippen LogP contribution is 2.69. The number of rotatable bonds is 7. The molecule has 2 N–H and O–H groups in total. The van der Waals surface area contributed by atoms with Gasteiger partial charge < -0.3 is 14.9 Å². The van der Waals surface area contributed by atoms with Crippen LogP contribution in [0.15, 0.2) is 0 Å². The van der Waals surface area contributed by atoms with Gasteiger partial charge in [0.05, 0.1) is 18.8 Å². The maximum absolute atomic E-state index is 12.5. The molecule has 0 radical (unpaired) electrons. The average molecular weight is 567 g/mol. The van der Waals surface area contributed by atoms with Crippen molar-refractivity contribution in [3.63, 3.8) is 0 Å². The predicted molar refractivity (Wildman–Crippen MR) is 136 cm³/mol. The van der Waals surface area contributed by atoms with Crippen LogP contribution in [0, 0.1) is 52.3 Å². The lowest BCUT2D eigenvalue weighted by atomic mass is 9.41. The van der Waals surface area contributed by atoms with E-state index in [2.05, 4.69) is 27.7 Å². The van der Waals surface area contributed by atoms with Gasteiger partial charge in [0.2, 0.25) is 0 Å². The van der Waals surface area contributed by atoms with Gasteiger partial charge in [-0.05, 0) is 104 Å². The first-order valence-corrected chi connectivity index (χ1v) is 16.0. The Labute approximate surface area is 225 Å². The second kappa shape index (κ2) is 10.5. The van der Waals surface area contributed by atoms with Crippen molar-refractivity contribution < 1.29 is 41.3 Å². The fraction of sp³-hybridized carbons (Fsp3) is 0.964. The topological polar surface area (TPSA) is 101 Å². The molecule has 4 fully saturated rings. The molecule has 11 atom stereocenters. The van der Waals surface area contributed by atoms with Crippen LogP contribution >= 0.6 is 0 Å². The van der Waals surface area contributed by atoms with Gasteiger partial charge in [-0.25, -0.2) is 8.42 Å². The first-order chi connectivity index (χ1) is 17.6. The summed E-state index contributed by atoms with van der Waals surface area (Å²) >= 11 is 0. The number of fused-ring (bicyclic) bond motifs is 5. The molecule has 4 saturated carbocycles. The van der Waals surface area contributed by atoms with Gasteiger partial charge in [-0.3, -0.25) is 4.79 Å². The van der Waals surface area contributed by atoms with E-state index in [0.29, 0.717) is 30.1 Å². The number of alkyl halides is 3. The molecule has 0 aliphatic heterocycles. The number of halogens is 3. The van der Waals surface area contributed by atoms with Crippen LogP contribution in [0.4, 0.5) is 13.2 Å². The van der Waals surface area contributed by atoms with E-state index in [1.807, 2.05) is 0 Å². The molecule has 4 aliphatic carbocycles. The smallest absolute Gasteiger partial charge is 0.465 e. The van der Waals surface area contributed by atoms with Crippen molar-refractivity contribution in [3.05, 3.63) is 0 Å². The number of ether oxygens (including phenoxy) is 1. The second-order valence-corrected chi connectivity index (χ2v) is 15.3. The molecule has 0 aromatic heterocycles. The zero-order valence-electron chi connectivity index (χ0n) is 23.0. The molecular weight excluding hydrogens is 521 g/mol. The normalized spacial score (nSPS) is 44.0. The van der Waals surface area contributed by atoms with Gasteiger partial charge in [-0.2, -0.15) is 13.2 Å². The molecule has 0 bridgehead atoms. The number of aliphatic hydroxyl groups excluding tert-OH is 2. The van der Waals surface area contributed by atoms with Crippen LogP contribution in [0.25, 0.3) is 0 Å². The number of esters is 1. The van der Waals surface area contributed by atoms with Crippen molar-refractivity contribution in [3.8, 4) is 0 Å². The molecule has 220 valence electrons. The van der Waals surface area contributed by atoms with Crippen molar-refractivity contribution in [2.45, 2.75) is 103 Å². The predicted octanol–water partition coefficient (Wildman–Crippen LogP) is 5.12. The Morgan fingerprint density at radius 2 is 1.66 bits per heavy atom. The highest BCUT2D eigenvalue weighted by Gasteiger charge is 2.64.